The predicted octanol–water partition coefficient (Wildman–Crippen LogP) is 0.502. The molecule has 0 aliphatic heterocycles. The molecule has 1 aromatic rings. The molecule has 92 valence electrons. The molecule has 0 heterocycles. The van der Waals surface area contributed by atoms with Crippen molar-refractivity contribution in [3.05, 3.63) is 28.8 Å². The largest absolute Gasteiger partial charge is 0.489 e. The van der Waals surface area contributed by atoms with Crippen LogP contribution in [0.3, 0.4) is 0 Å². The van der Waals surface area contributed by atoms with E-state index in [9.17, 15) is 4.79 Å². The lowest BCUT2D eigenvalue weighted by molar-refractivity contribution is 0.0795. The van der Waals surface area contributed by atoms with E-state index in [1.54, 1.807) is 18.0 Å². The molecule has 0 saturated carbocycles. The molecule has 2 N–H and O–H groups in total. The second-order valence-electron chi connectivity index (χ2n) is 3.84. The monoisotopic (exact) mass is 255 g/mol. The van der Waals surface area contributed by atoms with Crippen LogP contribution in [0.2, 0.25) is 5.02 Å². The fourth-order valence-corrected chi connectivity index (χ4v) is 1.75. The number of benzene rings is 1. The average Bonchev–Trinajstić information content (AvgIpc) is 2.28. The van der Waals surface area contributed by atoms with Gasteiger partial charge in [-0.3, -0.25) is 4.79 Å². The molecule has 4 nitrogen and oxygen atoms in total. The highest BCUT2D eigenvalue weighted by atomic mass is 35.5. The molecule has 0 atom stereocenters. The molecule has 0 aliphatic rings. The number of hydrogen-bond acceptors (Lipinski definition) is 3. The van der Waals surface area contributed by atoms with Crippen molar-refractivity contribution in [2.24, 2.45) is 0 Å². The Labute approximate surface area is 106 Å². The molecule has 0 saturated heterocycles. The predicted molar refractivity (Wildman–Crippen MR) is 68.5 cm³/mol. The third-order valence-electron chi connectivity index (χ3n) is 2.43. The van der Waals surface area contributed by atoms with Crippen molar-refractivity contribution in [3.63, 3.8) is 0 Å². The Morgan fingerprint density at radius 3 is 2.65 bits per heavy atom. The summed E-state index contributed by atoms with van der Waals surface area (Å²) in [7, 11) is 0.0295. The van der Waals surface area contributed by atoms with Crippen molar-refractivity contribution in [2.75, 3.05) is 13.6 Å². The van der Waals surface area contributed by atoms with E-state index in [4.69, 9.17) is 21.6 Å². The first-order chi connectivity index (χ1) is 7.97. The summed E-state index contributed by atoms with van der Waals surface area (Å²) in [5.41, 5.74) is 0.538. The van der Waals surface area contributed by atoms with E-state index in [-0.39, 0.29) is 16.4 Å². The third kappa shape index (κ3) is 3.46. The van der Waals surface area contributed by atoms with Gasteiger partial charge < -0.3 is 14.9 Å². The summed E-state index contributed by atoms with van der Waals surface area (Å²) in [5, 5.41) is 18.4. The first kappa shape index (κ1) is 14.0. The number of nitrogens with zero attached hydrogens (tertiary/aromatic N) is 1. The van der Waals surface area contributed by atoms with Gasteiger partial charge in [0.1, 0.15) is 0 Å². The minimum absolute atomic E-state index is 0.141. The van der Waals surface area contributed by atoms with Crippen LogP contribution in [0.4, 0.5) is 0 Å². The highest BCUT2D eigenvalue weighted by Crippen LogP contribution is 2.10. The number of rotatable bonds is 4. The molecule has 0 aromatic heterocycles. The fraction of sp³-hybridized carbons (Fsp3) is 0.364. The molecule has 1 amide bonds. The summed E-state index contributed by atoms with van der Waals surface area (Å²) in [4.78, 5) is 13.5. The molecule has 0 radical (unpaired) electrons. The van der Waals surface area contributed by atoms with Gasteiger partial charge in [0, 0.05) is 29.6 Å². The maximum Gasteiger partial charge on any atom is 0.489 e. The maximum absolute atomic E-state index is 11.9. The lowest BCUT2D eigenvalue weighted by Crippen LogP contribution is -2.33. The summed E-state index contributed by atoms with van der Waals surface area (Å²) in [6.45, 7) is 2.63. The average molecular weight is 256 g/mol. The Balaban J connectivity index is 2.99. The van der Waals surface area contributed by atoms with E-state index >= 15 is 0 Å². The zero-order chi connectivity index (χ0) is 13.0. The topological polar surface area (TPSA) is 60.8 Å². The Kier molecular flexibility index (Phi) is 4.99. The van der Waals surface area contributed by atoms with Gasteiger partial charge in [-0.2, -0.15) is 0 Å². The van der Waals surface area contributed by atoms with Crippen LogP contribution in [0.1, 0.15) is 23.7 Å². The van der Waals surface area contributed by atoms with Crippen LogP contribution in [0.5, 0.6) is 0 Å². The molecular weight excluding hydrogens is 240 g/mol. The minimum atomic E-state index is -1.67. The van der Waals surface area contributed by atoms with Gasteiger partial charge in [-0.25, -0.2) is 0 Å². The molecular formula is C11H15BClNO3. The van der Waals surface area contributed by atoms with Crippen molar-refractivity contribution in [1.82, 2.24) is 4.90 Å². The highest BCUT2D eigenvalue weighted by Gasteiger charge is 2.19. The van der Waals surface area contributed by atoms with Crippen LogP contribution in [-0.4, -0.2) is 41.6 Å². The van der Waals surface area contributed by atoms with Crippen LogP contribution in [0.25, 0.3) is 0 Å². The van der Waals surface area contributed by atoms with Crippen LogP contribution in [-0.2, 0) is 0 Å². The zero-order valence-corrected chi connectivity index (χ0v) is 10.6. The Morgan fingerprint density at radius 2 is 2.12 bits per heavy atom. The SMILES string of the molecule is CCCN(C)C(=O)c1ccc(Cl)c(B(O)O)c1. The van der Waals surface area contributed by atoms with Crippen LogP contribution in [0, 0.1) is 0 Å². The minimum Gasteiger partial charge on any atom is -0.423 e. The Morgan fingerprint density at radius 1 is 1.47 bits per heavy atom. The molecule has 0 spiro atoms. The van der Waals surface area contributed by atoms with Crippen molar-refractivity contribution in [3.8, 4) is 0 Å². The first-order valence-electron chi connectivity index (χ1n) is 5.38. The van der Waals surface area contributed by atoms with Gasteiger partial charge in [0.15, 0.2) is 0 Å². The molecule has 0 bridgehead atoms. The maximum atomic E-state index is 11.9. The normalized spacial score (nSPS) is 10.2. The molecule has 0 unspecified atom stereocenters. The van der Waals surface area contributed by atoms with E-state index in [2.05, 4.69) is 0 Å². The number of halogens is 1. The van der Waals surface area contributed by atoms with Gasteiger partial charge in [0.2, 0.25) is 0 Å². The standard InChI is InChI=1S/C11H15BClNO3/c1-3-6-14(2)11(15)8-4-5-10(13)9(7-8)12(16)17/h4-5,7,16-17H,3,6H2,1-2H3. The fourth-order valence-electron chi connectivity index (χ4n) is 1.53. The Bertz CT molecular complexity index is 412. The smallest absolute Gasteiger partial charge is 0.423 e. The lowest BCUT2D eigenvalue weighted by Gasteiger charge is -2.16. The molecule has 0 fully saturated rings. The summed E-state index contributed by atoms with van der Waals surface area (Å²) in [6.07, 6.45) is 0.866. The quantitative estimate of drug-likeness (QED) is 0.771. The van der Waals surface area contributed by atoms with Gasteiger partial charge >= 0.3 is 7.12 Å². The van der Waals surface area contributed by atoms with Crippen LogP contribution in [0.15, 0.2) is 18.2 Å². The van der Waals surface area contributed by atoms with Gasteiger partial charge in [-0.15, -0.1) is 0 Å². The van der Waals surface area contributed by atoms with Crippen molar-refractivity contribution in [1.29, 1.82) is 0 Å². The number of carbonyl (C=O) groups excluding carboxylic acids is 1. The highest BCUT2D eigenvalue weighted by molar-refractivity contribution is 6.62. The van der Waals surface area contributed by atoms with Crippen molar-refractivity contribution >= 4 is 30.1 Å². The molecule has 6 heteroatoms. The molecule has 0 aliphatic carbocycles. The second-order valence-corrected chi connectivity index (χ2v) is 4.24. The Hall–Kier alpha value is -1.04. The number of amides is 1. The van der Waals surface area contributed by atoms with E-state index in [1.807, 2.05) is 6.92 Å². The molecule has 1 rings (SSSR count). The third-order valence-corrected chi connectivity index (χ3v) is 2.77. The van der Waals surface area contributed by atoms with Crippen LogP contribution >= 0.6 is 11.6 Å². The summed E-state index contributed by atoms with van der Waals surface area (Å²) < 4.78 is 0. The zero-order valence-electron chi connectivity index (χ0n) is 9.85. The summed E-state index contributed by atoms with van der Waals surface area (Å²) >= 11 is 5.79. The van der Waals surface area contributed by atoms with E-state index < -0.39 is 7.12 Å². The lowest BCUT2D eigenvalue weighted by atomic mass is 9.79. The van der Waals surface area contributed by atoms with Crippen molar-refractivity contribution < 1.29 is 14.8 Å². The van der Waals surface area contributed by atoms with E-state index in [0.29, 0.717) is 12.1 Å². The first-order valence-corrected chi connectivity index (χ1v) is 5.76. The molecule has 1 aromatic carbocycles. The number of hydrogen-bond donors (Lipinski definition) is 2. The van der Waals surface area contributed by atoms with Gasteiger partial charge in [-0.1, -0.05) is 18.5 Å². The molecule has 17 heavy (non-hydrogen) atoms. The second kappa shape index (κ2) is 6.05. The van der Waals surface area contributed by atoms with E-state index in [1.165, 1.54) is 12.1 Å². The van der Waals surface area contributed by atoms with Crippen molar-refractivity contribution in [2.45, 2.75) is 13.3 Å². The summed E-state index contributed by atoms with van der Waals surface area (Å²) in [6, 6.07) is 4.47. The van der Waals surface area contributed by atoms with E-state index in [0.717, 1.165) is 6.42 Å². The summed E-state index contributed by atoms with van der Waals surface area (Å²) in [5.74, 6) is -0.162. The number of carbonyl (C=O) groups is 1. The van der Waals surface area contributed by atoms with Crippen LogP contribution < -0.4 is 5.46 Å². The van der Waals surface area contributed by atoms with Gasteiger partial charge in [0.25, 0.3) is 5.91 Å². The van der Waals surface area contributed by atoms with Gasteiger partial charge in [-0.05, 0) is 24.6 Å². The van der Waals surface area contributed by atoms with Gasteiger partial charge in [0.05, 0.1) is 0 Å².